The number of hydrogen-bond acceptors (Lipinski definition) is 9. The van der Waals surface area contributed by atoms with Gasteiger partial charge in [0.05, 0.1) is 25.3 Å². The molecule has 4 rings (SSSR count). The molecular formula is C24H21N3O8S3. The lowest BCUT2D eigenvalue weighted by atomic mass is 10.1. The van der Waals surface area contributed by atoms with Crippen LogP contribution in [0.15, 0.2) is 96.5 Å². The van der Waals surface area contributed by atoms with Crippen molar-refractivity contribution in [3.8, 4) is 0 Å². The maximum atomic E-state index is 13.5. The van der Waals surface area contributed by atoms with Crippen LogP contribution in [0, 0.1) is 13.8 Å². The summed E-state index contributed by atoms with van der Waals surface area (Å²) in [6.07, 6.45) is 0. The van der Waals surface area contributed by atoms with E-state index in [1.54, 1.807) is 13.0 Å². The second kappa shape index (κ2) is 9.56. The zero-order valence-corrected chi connectivity index (χ0v) is 22.3. The minimum absolute atomic E-state index is 0.0736. The summed E-state index contributed by atoms with van der Waals surface area (Å²) >= 11 is 0. The molecule has 0 aliphatic carbocycles. The topological polar surface area (TPSA) is 194 Å². The van der Waals surface area contributed by atoms with Gasteiger partial charge >= 0.3 is 0 Å². The van der Waals surface area contributed by atoms with Gasteiger partial charge < -0.3 is 5.73 Å². The van der Waals surface area contributed by atoms with Crippen molar-refractivity contribution in [2.75, 3.05) is 5.73 Å². The number of nitrogen functional groups attached to an aromatic ring is 1. The third kappa shape index (κ3) is 5.30. The normalized spacial score (nSPS) is 12.8. The average Bonchev–Trinajstić information content (AvgIpc) is 2.82. The molecule has 0 atom stereocenters. The largest absolute Gasteiger partial charge is 0.397 e. The Hall–Kier alpha value is -3.69. The summed E-state index contributed by atoms with van der Waals surface area (Å²) in [6.45, 7) is 3.08. The highest BCUT2D eigenvalue weighted by Crippen LogP contribution is 2.37. The lowest BCUT2D eigenvalue weighted by Gasteiger charge is -2.11. The predicted octanol–water partition coefficient (Wildman–Crippen LogP) is 4.78. The molecule has 0 aliphatic heterocycles. The van der Waals surface area contributed by atoms with Gasteiger partial charge in [-0.1, -0.05) is 24.3 Å². The Bertz CT molecular complexity index is 1970. The quantitative estimate of drug-likeness (QED) is 0.165. The summed E-state index contributed by atoms with van der Waals surface area (Å²) in [6, 6.07) is 14.5. The van der Waals surface area contributed by atoms with Gasteiger partial charge in [0.1, 0.15) is 11.4 Å². The number of benzene rings is 4. The molecule has 14 heteroatoms. The molecule has 11 nitrogen and oxygen atoms in total. The van der Waals surface area contributed by atoms with Crippen molar-refractivity contribution in [1.82, 2.24) is 0 Å². The molecule has 0 aliphatic rings. The summed E-state index contributed by atoms with van der Waals surface area (Å²) in [4.78, 5) is -1.51. The lowest BCUT2D eigenvalue weighted by molar-refractivity contribution is 0.480. The second-order valence-corrected chi connectivity index (χ2v) is 13.2. The molecule has 0 saturated carbocycles. The van der Waals surface area contributed by atoms with Gasteiger partial charge in [-0.25, -0.2) is 8.42 Å². The maximum absolute atomic E-state index is 13.5. The lowest BCUT2D eigenvalue weighted by Crippen LogP contribution is -2.07. The van der Waals surface area contributed by atoms with Crippen molar-refractivity contribution in [2.45, 2.75) is 33.4 Å². The molecule has 0 fully saturated rings. The number of azo groups is 1. The molecule has 0 saturated heterocycles. The summed E-state index contributed by atoms with van der Waals surface area (Å²) in [7, 11) is -13.4. The van der Waals surface area contributed by atoms with Gasteiger partial charge in [0, 0.05) is 5.39 Å². The number of anilines is 1. The van der Waals surface area contributed by atoms with Crippen molar-refractivity contribution in [1.29, 1.82) is 0 Å². The van der Waals surface area contributed by atoms with Crippen molar-refractivity contribution < 1.29 is 34.4 Å². The summed E-state index contributed by atoms with van der Waals surface area (Å²) in [5.41, 5.74) is 7.04. The van der Waals surface area contributed by atoms with Crippen LogP contribution in [0.1, 0.15) is 11.1 Å². The number of sulfone groups is 1. The summed E-state index contributed by atoms with van der Waals surface area (Å²) < 4.78 is 92.4. The first-order chi connectivity index (χ1) is 17.6. The first-order valence-electron chi connectivity index (χ1n) is 10.7. The van der Waals surface area contributed by atoms with E-state index >= 15 is 0 Å². The maximum Gasteiger partial charge on any atom is 0.294 e. The SMILES string of the molecule is Cc1ccc(N=Nc2c(N)ccc3cc(S(=O)(=O)O)ccc23)c(S(=O)(=O)c2ccc(C)c(S(=O)(=O)O)c2)c1. The van der Waals surface area contributed by atoms with E-state index in [0.29, 0.717) is 16.3 Å². The van der Waals surface area contributed by atoms with Gasteiger partial charge in [0.25, 0.3) is 20.2 Å². The molecule has 0 amide bonds. The van der Waals surface area contributed by atoms with Gasteiger partial charge in [-0.05, 0) is 72.8 Å². The molecule has 0 unspecified atom stereocenters. The Balaban J connectivity index is 1.87. The number of rotatable bonds is 6. The Morgan fingerprint density at radius 1 is 0.684 bits per heavy atom. The van der Waals surface area contributed by atoms with Crippen LogP contribution in [-0.4, -0.2) is 34.4 Å². The number of nitrogens with two attached hydrogens (primary N) is 1. The van der Waals surface area contributed by atoms with E-state index in [2.05, 4.69) is 10.2 Å². The fraction of sp³-hybridized carbons (Fsp3) is 0.0833. The molecule has 4 aromatic carbocycles. The van der Waals surface area contributed by atoms with E-state index in [-0.39, 0.29) is 37.3 Å². The van der Waals surface area contributed by atoms with Crippen LogP contribution >= 0.6 is 0 Å². The second-order valence-electron chi connectivity index (χ2n) is 8.44. The monoisotopic (exact) mass is 575 g/mol. The molecule has 0 aromatic heterocycles. The Morgan fingerprint density at radius 3 is 2.03 bits per heavy atom. The Kier molecular flexibility index (Phi) is 6.88. The van der Waals surface area contributed by atoms with Crippen molar-refractivity contribution in [2.24, 2.45) is 10.2 Å². The minimum atomic E-state index is -4.67. The van der Waals surface area contributed by atoms with Crippen LogP contribution in [0.25, 0.3) is 10.8 Å². The van der Waals surface area contributed by atoms with E-state index in [1.807, 2.05) is 0 Å². The molecule has 38 heavy (non-hydrogen) atoms. The smallest absolute Gasteiger partial charge is 0.294 e. The zero-order chi connectivity index (χ0) is 28.0. The van der Waals surface area contributed by atoms with E-state index in [1.165, 1.54) is 61.5 Å². The number of aryl methyl sites for hydroxylation is 2. The molecule has 0 radical (unpaired) electrons. The first kappa shape index (κ1) is 27.3. The molecule has 4 aromatic rings. The van der Waals surface area contributed by atoms with E-state index in [9.17, 15) is 34.4 Å². The summed E-state index contributed by atoms with van der Waals surface area (Å²) in [5, 5.41) is 9.05. The van der Waals surface area contributed by atoms with Crippen LogP contribution in [0.3, 0.4) is 0 Å². The number of nitrogens with zero attached hydrogens (tertiary/aromatic N) is 2. The average molecular weight is 576 g/mol. The molecule has 4 N–H and O–H groups in total. The third-order valence-corrected chi connectivity index (χ3v) is 9.33. The van der Waals surface area contributed by atoms with Gasteiger partial charge in [-0.15, -0.1) is 10.2 Å². The predicted molar refractivity (Wildman–Crippen MR) is 140 cm³/mol. The zero-order valence-electron chi connectivity index (χ0n) is 19.9. The summed E-state index contributed by atoms with van der Waals surface area (Å²) in [5.74, 6) is 0. The highest BCUT2D eigenvalue weighted by molar-refractivity contribution is 7.91. The van der Waals surface area contributed by atoms with E-state index in [0.717, 1.165) is 6.07 Å². The van der Waals surface area contributed by atoms with Crippen LogP contribution in [-0.2, 0) is 30.1 Å². The molecule has 0 spiro atoms. The van der Waals surface area contributed by atoms with Crippen LogP contribution < -0.4 is 5.73 Å². The fourth-order valence-corrected chi connectivity index (χ4v) is 6.60. The van der Waals surface area contributed by atoms with Crippen molar-refractivity contribution >= 4 is 57.9 Å². The molecule has 0 heterocycles. The Morgan fingerprint density at radius 2 is 1.37 bits per heavy atom. The molecule has 0 bridgehead atoms. The standard InChI is InChI=1S/C24H21N3O8S3/c1-14-3-10-21(23(11-14)36(28,29)17-6-4-15(2)22(13-17)38(33,34)35)26-27-24-19-8-7-18(37(30,31)32)12-16(19)5-9-20(24)25/h3-13H,25H2,1-2H3,(H,30,31,32)(H,33,34,35). The highest BCUT2D eigenvalue weighted by Gasteiger charge is 2.25. The van der Waals surface area contributed by atoms with Gasteiger partial charge in [-0.3, -0.25) is 9.11 Å². The number of fused-ring (bicyclic) bond motifs is 1. The number of hydrogen-bond donors (Lipinski definition) is 3. The highest BCUT2D eigenvalue weighted by atomic mass is 32.2. The van der Waals surface area contributed by atoms with Crippen molar-refractivity contribution in [3.63, 3.8) is 0 Å². The van der Waals surface area contributed by atoms with E-state index in [4.69, 9.17) is 5.73 Å². The van der Waals surface area contributed by atoms with Crippen LogP contribution in [0.5, 0.6) is 0 Å². The fourth-order valence-electron chi connectivity index (χ4n) is 3.76. The van der Waals surface area contributed by atoms with Crippen LogP contribution in [0.2, 0.25) is 0 Å². The van der Waals surface area contributed by atoms with Gasteiger partial charge in [0.2, 0.25) is 9.84 Å². The van der Waals surface area contributed by atoms with Crippen molar-refractivity contribution in [3.05, 3.63) is 77.9 Å². The molecular weight excluding hydrogens is 554 g/mol. The molecule has 198 valence electrons. The van der Waals surface area contributed by atoms with Gasteiger partial charge in [-0.2, -0.15) is 16.8 Å². The third-order valence-electron chi connectivity index (χ3n) is 5.70. The van der Waals surface area contributed by atoms with Crippen LogP contribution in [0.4, 0.5) is 17.1 Å². The minimum Gasteiger partial charge on any atom is -0.397 e. The van der Waals surface area contributed by atoms with Gasteiger partial charge in [0.15, 0.2) is 0 Å². The first-order valence-corrected chi connectivity index (χ1v) is 15.1. The van der Waals surface area contributed by atoms with E-state index < -0.39 is 35.0 Å². The Labute approximate surface area is 219 Å².